The van der Waals surface area contributed by atoms with Crippen LogP contribution in [0.5, 0.6) is 0 Å². The Hall–Kier alpha value is -2.25. The van der Waals surface area contributed by atoms with E-state index in [0.29, 0.717) is 18.5 Å². The first-order valence-electron chi connectivity index (χ1n) is 9.59. The van der Waals surface area contributed by atoms with Crippen molar-refractivity contribution in [2.45, 2.75) is 49.5 Å². The van der Waals surface area contributed by atoms with Crippen LogP contribution in [-0.4, -0.2) is 26.9 Å². The summed E-state index contributed by atoms with van der Waals surface area (Å²) >= 11 is 0. The Balaban J connectivity index is 1.51. The van der Waals surface area contributed by atoms with E-state index in [4.69, 9.17) is 0 Å². The first-order valence-corrected chi connectivity index (χ1v) is 11.1. The van der Waals surface area contributed by atoms with Crippen molar-refractivity contribution < 1.29 is 17.6 Å². The van der Waals surface area contributed by atoms with Crippen LogP contribution in [0.1, 0.15) is 48.0 Å². The molecule has 2 aromatic carbocycles. The lowest BCUT2D eigenvalue weighted by atomic mass is 9.96. The number of hydrogen-bond donors (Lipinski definition) is 2. The Morgan fingerprint density at radius 1 is 0.964 bits per heavy atom. The third-order valence-corrected chi connectivity index (χ3v) is 6.50. The van der Waals surface area contributed by atoms with Gasteiger partial charge in [0, 0.05) is 18.2 Å². The largest absolute Gasteiger partial charge is 0.352 e. The summed E-state index contributed by atoms with van der Waals surface area (Å²) in [5.41, 5.74) is 1.33. The van der Waals surface area contributed by atoms with Gasteiger partial charge in [-0.05, 0) is 61.2 Å². The van der Waals surface area contributed by atoms with E-state index < -0.39 is 10.0 Å². The molecule has 1 saturated carbocycles. The number of amides is 1. The van der Waals surface area contributed by atoms with Crippen molar-refractivity contribution in [1.29, 1.82) is 0 Å². The molecule has 0 saturated heterocycles. The summed E-state index contributed by atoms with van der Waals surface area (Å²) in [6, 6.07) is 12.1. The molecule has 0 aliphatic heterocycles. The van der Waals surface area contributed by atoms with Crippen molar-refractivity contribution in [3.05, 3.63) is 65.5 Å². The van der Waals surface area contributed by atoms with Crippen LogP contribution in [0, 0.1) is 5.82 Å². The van der Waals surface area contributed by atoms with Gasteiger partial charge in [0.05, 0.1) is 4.90 Å². The maximum absolute atomic E-state index is 12.9. The van der Waals surface area contributed by atoms with E-state index in [1.54, 1.807) is 24.3 Å². The third-order valence-electron chi connectivity index (χ3n) is 4.97. The quantitative estimate of drug-likeness (QED) is 0.743. The minimum absolute atomic E-state index is 0.0279. The van der Waals surface area contributed by atoms with Gasteiger partial charge in [0.15, 0.2) is 0 Å². The Labute approximate surface area is 165 Å². The highest BCUT2D eigenvalue weighted by Crippen LogP contribution is 2.20. The van der Waals surface area contributed by atoms with Gasteiger partial charge in [0.25, 0.3) is 5.91 Å². The normalized spacial score (nSPS) is 15.3. The smallest absolute Gasteiger partial charge is 0.251 e. The van der Waals surface area contributed by atoms with Gasteiger partial charge in [-0.2, -0.15) is 0 Å². The van der Waals surface area contributed by atoms with Crippen LogP contribution in [0.2, 0.25) is 0 Å². The van der Waals surface area contributed by atoms with E-state index >= 15 is 0 Å². The molecule has 0 aromatic heterocycles. The minimum Gasteiger partial charge on any atom is -0.352 e. The molecule has 0 unspecified atom stereocenters. The summed E-state index contributed by atoms with van der Waals surface area (Å²) in [6.45, 7) is 0.405. The predicted molar refractivity (Wildman–Crippen MR) is 106 cm³/mol. The lowest BCUT2D eigenvalue weighted by Crippen LogP contribution is -2.36. The highest BCUT2D eigenvalue weighted by molar-refractivity contribution is 7.89. The Morgan fingerprint density at radius 2 is 1.61 bits per heavy atom. The molecule has 7 heteroatoms. The van der Waals surface area contributed by atoms with Crippen molar-refractivity contribution in [2.24, 2.45) is 0 Å². The van der Waals surface area contributed by atoms with Gasteiger partial charge < -0.3 is 5.32 Å². The molecule has 3 rings (SSSR count). The molecule has 0 atom stereocenters. The zero-order valence-electron chi connectivity index (χ0n) is 15.7. The van der Waals surface area contributed by atoms with Crippen molar-refractivity contribution in [1.82, 2.24) is 10.0 Å². The van der Waals surface area contributed by atoms with E-state index in [9.17, 15) is 17.6 Å². The number of carbonyl (C=O) groups excluding carboxylic acids is 1. The number of halogens is 1. The first kappa shape index (κ1) is 20.5. The summed E-state index contributed by atoms with van der Waals surface area (Å²) in [7, 11) is -3.50. The minimum atomic E-state index is -3.50. The van der Waals surface area contributed by atoms with Crippen molar-refractivity contribution in [3.8, 4) is 0 Å². The predicted octanol–water partition coefficient (Wildman–Crippen LogP) is 3.41. The van der Waals surface area contributed by atoms with Gasteiger partial charge in [0.2, 0.25) is 10.0 Å². The first-order chi connectivity index (χ1) is 13.4. The number of rotatable bonds is 7. The van der Waals surface area contributed by atoms with Crippen molar-refractivity contribution in [3.63, 3.8) is 0 Å². The second-order valence-electron chi connectivity index (χ2n) is 7.11. The second kappa shape index (κ2) is 9.30. The SMILES string of the molecule is O=C(NCCc1ccc(S(=O)(=O)NC2CCCCC2)cc1)c1ccc(F)cc1. The van der Waals surface area contributed by atoms with Crippen molar-refractivity contribution >= 4 is 15.9 Å². The van der Waals surface area contributed by atoms with E-state index in [0.717, 1.165) is 31.2 Å². The fourth-order valence-electron chi connectivity index (χ4n) is 3.37. The Morgan fingerprint density at radius 3 is 2.25 bits per heavy atom. The lowest BCUT2D eigenvalue weighted by Gasteiger charge is -2.22. The fraction of sp³-hybridized carbons (Fsp3) is 0.381. The summed E-state index contributed by atoms with van der Waals surface area (Å²) < 4.78 is 40.7. The maximum atomic E-state index is 12.9. The molecule has 1 amide bonds. The summed E-state index contributed by atoms with van der Waals surface area (Å²) in [5.74, 6) is -0.652. The molecule has 0 heterocycles. The monoisotopic (exact) mass is 404 g/mol. The standard InChI is InChI=1S/C21H25FN2O3S/c22-18-10-8-17(9-11-18)21(25)23-15-14-16-6-12-20(13-7-16)28(26,27)24-19-4-2-1-3-5-19/h6-13,19,24H,1-5,14-15H2,(H,23,25). The molecule has 1 aliphatic carbocycles. The molecule has 0 bridgehead atoms. The summed E-state index contributed by atoms with van der Waals surface area (Å²) in [4.78, 5) is 12.3. The molecular weight excluding hydrogens is 379 g/mol. The summed E-state index contributed by atoms with van der Waals surface area (Å²) in [6.07, 6.45) is 5.66. The Kier molecular flexibility index (Phi) is 6.80. The molecule has 0 spiro atoms. The summed E-state index contributed by atoms with van der Waals surface area (Å²) in [5, 5.41) is 2.77. The molecule has 5 nitrogen and oxygen atoms in total. The average Bonchev–Trinajstić information content (AvgIpc) is 2.69. The zero-order chi connectivity index (χ0) is 20.0. The number of hydrogen-bond acceptors (Lipinski definition) is 3. The molecule has 150 valence electrons. The number of carbonyl (C=O) groups is 1. The lowest BCUT2D eigenvalue weighted by molar-refractivity contribution is 0.0954. The van der Waals surface area contributed by atoms with Crippen LogP contribution in [-0.2, 0) is 16.4 Å². The average molecular weight is 405 g/mol. The molecule has 0 radical (unpaired) electrons. The van der Waals surface area contributed by atoms with Gasteiger partial charge in [-0.25, -0.2) is 17.5 Å². The van der Waals surface area contributed by atoms with Gasteiger partial charge in [0.1, 0.15) is 5.82 Å². The molecule has 1 fully saturated rings. The van der Waals surface area contributed by atoms with Crippen LogP contribution in [0.15, 0.2) is 53.4 Å². The number of nitrogens with one attached hydrogen (secondary N) is 2. The fourth-order valence-corrected chi connectivity index (χ4v) is 4.67. The van der Waals surface area contributed by atoms with Crippen LogP contribution in [0.3, 0.4) is 0 Å². The van der Waals surface area contributed by atoms with Gasteiger partial charge >= 0.3 is 0 Å². The molecule has 1 aliphatic rings. The van der Waals surface area contributed by atoms with Crippen LogP contribution in [0.4, 0.5) is 4.39 Å². The van der Waals surface area contributed by atoms with Gasteiger partial charge in [-0.3, -0.25) is 4.79 Å². The molecular formula is C21H25FN2O3S. The molecule has 2 N–H and O–H groups in total. The Bertz CT molecular complexity index is 890. The van der Waals surface area contributed by atoms with E-state index in [1.807, 2.05) is 0 Å². The van der Waals surface area contributed by atoms with Crippen LogP contribution < -0.4 is 10.0 Å². The van der Waals surface area contributed by atoms with E-state index in [-0.39, 0.29) is 22.7 Å². The van der Waals surface area contributed by atoms with E-state index in [1.165, 1.54) is 30.7 Å². The van der Waals surface area contributed by atoms with Crippen molar-refractivity contribution in [2.75, 3.05) is 6.54 Å². The second-order valence-corrected chi connectivity index (χ2v) is 8.83. The van der Waals surface area contributed by atoms with Gasteiger partial charge in [-0.15, -0.1) is 0 Å². The highest BCUT2D eigenvalue weighted by atomic mass is 32.2. The molecule has 2 aromatic rings. The highest BCUT2D eigenvalue weighted by Gasteiger charge is 2.21. The molecule has 28 heavy (non-hydrogen) atoms. The number of sulfonamides is 1. The van der Waals surface area contributed by atoms with Crippen LogP contribution in [0.25, 0.3) is 0 Å². The van der Waals surface area contributed by atoms with E-state index in [2.05, 4.69) is 10.0 Å². The maximum Gasteiger partial charge on any atom is 0.251 e. The third kappa shape index (κ3) is 5.62. The topological polar surface area (TPSA) is 75.3 Å². The zero-order valence-corrected chi connectivity index (χ0v) is 16.5. The van der Waals surface area contributed by atoms with Gasteiger partial charge in [-0.1, -0.05) is 31.4 Å². The van der Waals surface area contributed by atoms with Crippen LogP contribution >= 0.6 is 0 Å². The number of benzene rings is 2.